The van der Waals surface area contributed by atoms with Crippen LogP contribution in [0.25, 0.3) is 16.2 Å². The predicted octanol–water partition coefficient (Wildman–Crippen LogP) is 4.31. The molecular formula is C19H20N2O3S. The van der Waals surface area contributed by atoms with E-state index in [1.54, 1.807) is 25.2 Å². The van der Waals surface area contributed by atoms with Gasteiger partial charge in [0.25, 0.3) is 0 Å². The molecule has 3 aromatic rings. The van der Waals surface area contributed by atoms with Crippen LogP contribution in [0.1, 0.15) is 52.2 Å². The summed E-state index contributed by atoms with van der Waals surface area (Å²) in [5.41, 5.74) is 3.89. The van der Waals surface area contributed by atoms with Crippen LogP contribution < -0.4 is 0 Å². The zero-order valence-corrected chi connectivity index (χ0v) is 15.5. The predicted molar refractivity (Wildman–Crippen MR) is 98.6 cm³/mol. The summed E-state index contributed by atoms with van der Waals surface area (Å²) >= 11 is 1.25. The van der Waals surface area contributed by atoms with E-state index in [4.69, 9.17) is 4.74 Å². The SMILES string of the molecule is CCc1ccc(-c2nc3sc(C(=O)OC(C)C)c(C)n3c2C=O)cc1. The highest BCUT2D eigenvalue weighted by Crippen LogP contribution is 2.31. The van der Waals surface area contributed by atoms with E-state index in [9.17, 15) is 9.59 Å². The second-order valence-corrected chi connectivity index (χ2v) is 7.08. The number of esters is 1. The normalized spacial score (nSPS) is 11.2. The molecule has 2 heterocycles. The summed E-state index contributed by atoms with van der Waals surface area (Å²) in [7, 11) is 0. The number of rotatable bonds is 5. The number of ether oxygens (including phenoxy) is 1. The first kappa shape index (κ1) is 17.4. The van der Waals surface area contributed by atoms with Gasteiger partial charge in [-0.05, 0) is 32.8 Å². The number of fused-ring (bicyclic) bond motifs is 1. The maximum absolute atomic E-state index is 12.2. The minimum Gasteiger partial charge on any atom is -0.459 e. The Balaban J connectivity index is 2.10. The smallest absolute Gasteiger partial charge is 0.350 e. The lowest BCUT2D eigenvalue weighted by Gasteiger charge is -2.07. The lowest BCUT2D eigenvalue weighted by atomic mass is 10.1. The Morgan fingerprint density at radius 3 is 2.56 bits per heavy atom. The number of carbonyl (C=O) groups excluding carboxylic acids is 2. The fraction of sp³-hybridized carbons (Fsp3) is 0.316. The number of imidazole rings is 1. The van der Waals surface area contributed by atoms with Crippen molar-refractivity contribution < 1.29 is 14.3 Å². The molecule has 0 spiro atoms. The number of aryl methyl sites for hydroxylation is 2. The Hall–Kier alpha value is -2.47. The standard InChI is InChI=1S/C19H20N2O3S/c1-5-13-6-8-14(9-7-13)16-15(10-22)21-12(4)17(25-19(21)20-16)18(23)24-11(2)3/h6-11H,5H2,1-4H3. The Morgan fingerprint density at radius 1 is 1.32 bits per heavy atom. The number of hydrogen-bond acceptors (Lipinski definition) is 5. The number of carbonyl (C=O) groups is 2. The zero-order chi connectivity index (χ0) is 18.1. The van der Waals surface area contributed by atoms with Crippen LogP contribution in [0, 0.1) is 6.92 Å². The molecule has 0 radical (unpaired) electrons. The lowest BCUT2D eigenvalue weighted by Crippen LogP contribution is -2.11. The molecule has 1 aromatic carbocycles. The molecule has 0 amide bonds. The van der Waals surface area contributed by atoms with Crippen molar-refractivity contribution in [3.63, 3.8) is 0 Å². The second-order valence-electron chi connectivity index (χ2n) is 6.10. The van der Waals surface area contributed by atoms with Crippen molar-refractivity contribution in [2.24, 2.45) is 0 Å². The molecule has 0 saturated carbocycles. The highest BCUT2D eigenvalue weighted by Gasteiger charge is 2.23. The fourth-order valence-corrected chi connectivity index (χ4v) is 3.76. The molecule has 0 atom stereocenters. The third kappa shape index (κ3) is 3.09. The molecule has 0 saturated heterocycles. The van der Waals surface area contributed by atoms with E-state index < -0.39 is 0 Å². The molecule has 5 nitrogen and oxygen atoms in total. The van der Waals surface area contributed by atoms with Gasteiger partial charge >= 0.3 is 5.97 Å². The minimum atomic E-state index is -0.381. The van der Waals surface area contributed by atoms with Crippen LogP contribution in [0.4, 0.5) is 0 Å². The van der Waals surface area contributed by atoms with Crippen LogP contribution in [0.3, 0.4) is 0 Å². The number of hydrogen-bond donors (Lipinski definition) is 0. The van der Waals surface area contributed by atoms with Gasteiger partial charge in [0.15, 0.2) is 11.2 Å². The largest absolute Gasteiger partial charge is 0.459 e. The third-order valence-corrected chi connectivity index (χ3v) is 5.14. The Bertz CT molecular complexity index is 936. The average molecular weight is 356 g/mol. The van der Waals surface area contributed by atoms with Crippen LogP contribution in [-0.2, 0) is 11.2 Å². The van der Waals surface area contributed by atoms with Gasteiger partial charge in [0.2, 0.25) is 0 Å². The summed E-state index contributed by atoms with van der Waals surface area (Å²) in [4.78, 5) is 29.7. The number of benzene rings is 1. The van der Waals surface area contributed by atoms with Crippen LogP contribution in [0.15, 0.2) is 24.3 Å². The molecule has 0 unspecified atom stereocenters. The van der Waals surface area contributed by atoms with Crippen LogP contribution >= 0.6 is 11.3 Å². The quantitative estimate of drug-likeness (QED) is 0.505. The molecule has 6 heteroatoms. The van der Waals surface area contributed by atoms with Crippen molar-refractivity contribution in [1.29, 1.82) is 0 Å². The summed E-state index contributed by atoms with van der Waals surface area (Å²) in [6.07, 6.45) is 1.55. The van der Waals surface area contributed by atoms with Crippen molar-refractivity contribution in [2.45, 2.75) is 40.2 Å². The van der Waals surface area contributed by atoms with Gasteiger partial charge in [0.05, 0.1) is 6.10 Å². The van der Waals surface area contributed by atoms with E-state index in [-0.39, 0.29) is 12.1 Å². The fourth-order valence-electron chi connectivity index (χ4n) is 2.75. The van der Waals surface area contributed by atoms with E-state index in [1.807, 2.05) is 24.3 Å². The molecule has 25 heavy (non-hydrogen) atoms. The molecule has 0 N–H and O–H groups in total. The molecule has 2 aromatic heterocycles. The third-order valence-electron chi connectivity index (χ3n) is 4.02. The molecule has 0 aliphatic carbocycles. The Labute approximate surface area is 150 Å². The van der Waals surface area contributed by atoms with E-state index in [0.717, 1.165) is 18.3 Å². The maximum Gasteiger partial charge on any atom is 0.350 e. The summed E-state index contributed by atoms with van der Waals surface area (Å²) in [5, 5.41) is 0. The molecular weight excluding hydrogens is 336 g/mol. The zero-order valence-electron chi connectivity index (χ0n) is 14.7. The molecule has 3 rings (SSSR count). The second kappa shape index (κ2) is 6.80. The molecule has 0 bridgehead atoms. The van der Waals surface area contributed by atoms with Gasteiger partial charge in [-0.1, -0.05) is 42.5 Å². The number of aldehydes is 1. The van der Waals surface area contributed by atoms with Crippen molar-refractivity contribution in [1.82, 2.24) is 9.38 Å². The van der Waals surface area contributed by atoms with Gasteiger partial charge in [-0.15, -0.1) is 0 Å². The Kier molecular flexibility index (Phi) is 4.72. The van der Waals surface area contributed by atoms with Crippen molar-refractivity contribution in [2.75, 3.05) is 0 Å². The first-order chi connectivity index (χ1) is 12.0. The van der Waals surface area contributed by atoms with Crippen LogP contribution in [0.5, 0.6) is 0 Å². The number of nitrogens with zero attached hydrogens (tertiary/aromatic N) is 2. The van der Waals surface area contributed by atoms with Crippen LogP contribution in [-0.4, -0.2) is 27.7 Å². The van der Waals surface area contributed by atoms with Gasteiger partial charge in [-0.2, -0.15) is 0 Å². The average Bonchev–Trinajstić information content (AvgIpc) is 3.11. The lowest BCUT2D eigenvalue weighted by molar-refractivity contribution is 0.0382. The highest BCUT2D eigenvalue weighted by molar-refractivity contribution is 7.19. The highest BCUT2D eigenvalue weighted by atomic mass is 32.1. The first-order valence-corrected chi connectivity index (χ1v) is 9.05. The monoisotopic (exact) mass is 356 g/mol. The molecule has 130 valence electrons. The summed E-state index contributed by atoms with van der Waals surface area (Å²) < 4.78 is 7.01. The summed E-state index contributed by atoms with van der Waals surface area (Å²) in [6.45, 7) is 7.51. The van der Waals surface area contributed by atoms with Gasteiger partial charge in [-0.25, -0.2) is 9.78 Å². The number of aromatic nitrogens is 2. The van der Waals surface area contributed by atoms with E-state index in [1.165, 1.54) is 16.9 Å². The van der Waals surface area contributed by atoms with E-state index >= 15 is 0 Å². The number of thiazole rings is 1. The van der Waals surface area contributed by atoms with E-state index in [0.29, 0.717) is 26.9 Å². The van der Waals surface area contributed by atoms with E-state index in [2.05, 4.69) is 11.9 Å². The van der Waals surface area contributed by atoms with Gasteiger partial charge in [0.1, 0.15) is 16.3 Å². The first-order valence-electron chi connectivity index (χ1n) is 8.23. The van der Waals surface area contributed by atoms with Crippen LogP contribution in [0.2, 0.25) is 0 Å². The minimum absolute atomic E-state index is 0.195. The van der Waals surface area contributed by atoms with Crippen molar-refractivity contribution in [3.05, 3.63) is 46.1 Å². The molecule has 0 aliphatic heterocycles. The summed E-state index contributed by atoms with van der Waals surface area (Å²) in [5.74, 6) is -0.381. The Morgan fingerprint density at radius 2 is 2.00 bits per heavy atom. The molecule has 0 aliphatic rings. The van der Waals surface area contributed by atoms with Crippen molar-refractivity contribution in [3.8, 4) is 11.3 Å². The molecule has 0 fully saturated rings. The van der Waals surface area contributed by atoms with Gasteiger partial charge < -0.3 is 4.74 Å². The van der Waals surface area contributed by atoms with Gasteiger partial charge in [0, 0.05) is 11.3 Å². The maximum atomic E-state index is 12.2. The topological polar surface area (TPSA) is 60.7 Å². The van der Waals surface area contributed by atoms with Crippen molar-refractivity contribution >= 4 is 28.6 Å². The summed E-state index contributed by atoms with van der Waals surface area (Å²) in [6, 6.07) is 8.02. The van der Waals surface area contributed by atoms with Gasteiger partial charge in [-0.3, -0.25) is 9.20 Å².